The highest BCUT2D eigenvalue weighted by molar-refractivity contribution is 7.98. The zero-order valence-corrected chi connectivity index (χ0v) is 16.6. The first-order chi connectivity index (χ1) is 12.6. The minimum Gasteiger partial charge on any atom is -0.455 e. The third-order valence-corrected chi connectivity index (χ3v) is 4.56. The predicted octanol–water partition coefficient (Wildman–Crippen LogP) is 3.10. The summed E-state index contributed by atoms with van der Waals surface area (Å²) in [5.41, 5.74) is 0.842. The average Bonchev–Trinajstić information content (AvgIpc) is 3.11. The Balaban J connectivity index is 2.11. The number of hydrogen-bond acceptors (Lipinski definition) is 7. The molecule has 7 nitrogen and oxygen atoms in total. The standard InChI is InChI=1S/C18H26N4O3S/c1-5-19-17(23)15-9-8-14(25-15)12-26-18-20-13(11-24-4)10-16(21-18)22(6-2)7-3/h8-10H,5-7,11-12H2,1-4H3,(H,19,23). The Bertz CT molecular complexity index is 716. The molecule has 26 heavy (non-hydrogen) atoms. The monoisotopic (exact) mass is 378 g/mol. The van der Waals surface area contributed by atoms with Crippen LogP contribution in [0, 0.1) is 0 Å². The molecule has 142 valence electrons. The largest absolute Gasteiger partial charge is 0.455 e. The van der Waals surface area contributed by atoms with Crippen LogP contribution in [0.1, 0.15) is 42.8 Å². The van der Waals surface area contributed by atoms with Gasteiger partial charge in [-0.2, -0.15) is 0 Å². The molecule has 2 heterocycles. The third-order valence-electron chi connectivity index (χ3n) is 3.69. The van der Waals surface area contributed by atoms with Crippen molar-refractivity contribution in [3.63, 3.8) is 0 Å². The number of carbonyl (C=O) groups excluding carboxylic acids is 1. The van der Waals surface area contributed by atoms with Crippen LogP contribution in [0.5, 0.6) is 0 Å². The molecule has 0 aliphatic rings. The maximum Gasteiger partial charge on any atom is 0.286 e. The number of furan rings is 1. The first-order valence-corrected chi connectivity index (χ1v) is 9.71. The number of ether oxygens (including phenoxy) is 1. The molecule has 1 amide bonds. The van der Waals surface area contributed by atoms with Gasteiger partial charge in [0.15, 0.2) is 10.9 Å². The molecule has 0 bridgehead atoms. The van der Waals surface area contributed by atoms with Crippen LogP contribution in [0.25, 0.3) is 0 Å². The van der Waals surface area contributed by atoms with E-state index < -0.39 is 0 Å². The summed E-state index contributed by atoms with van der Waals surface area (Å²) in [5.74, 6) is 2.27. The Morgan fingerprint density at radius 2 is 2.04 bits per heavy atom. The Morgan fingerprint density at radius 3 is 2.69 bits per heavy atom. The molecule has 0 radical (unpaired) electrons. The van der Waals surface area contributed by atoms with E-state index in [1.54, 1.807) is 13.2 Å². The number of methoxy groups -OCH3 is 1. The number of nitrogens with zero attached hydrogens (tertiary/aromatic N) is 3. The highest BCUT2D eigenvalue weighted by atomic mass is 32.2. The second-order valence-corrected chi connectivity index (χ2v) is 6.46. The summed E-state index contributed by atoms with van der Waals surface area (Å²) in [4.78, 5) is 23.1. The summed E-state index contributed by atoms with van der Waals surface area (Å²) in [5, 5.41) is 3.38. The van der Waals surface area contributed by atoms with Gasteiger partial charge in [-0.25, -0.2) is 9.97 Å². The average molecular weight is 378 g/mol. The van der Waals surface area contributed by atoms with Gasteiger partial charge in [-0.15, -0.1) is 0 Å². The van der Waals surface area contributed by atoms with Gasteiger partial charge in [0.1, 0.15) is 11.6 Å². The van der Waals surface area contributed by atoms with Crippen molar-refractivity contribution in [2.45, 2.75) is 38.3 Å². The molecule has 0 fully saturated rings. The fraction of sp³-hybridized carbons (Fsp3) is 0.500. The van der Waals surface area contributed by atoms with E-state index in [0.29, 0.717) is 35.6 Å². The normalized spacial score (nSPS) is 10.8. The number of aromatic nitrogens is 2. The molecule has 0 atom stereocenters. The summed E-state index contributed by atoms with van der Waals surface area (Å²) in [6, 6.07) is 5.45. The molecule has 2 aromatic rings. The van der Waals surface area contributed by atoms with Crippen molar-refractivity contribution in [2.24, 2.45) is 0 Å². The van der Waals surface area contributed by atoms with E-state index in [-0.39, 0.29) is 5.91 Å². The van der Waals surface area contributed by atoms with Gasteiger partial charge in [-0.3, -0.25) is 4.79 Å². The van der Waals surface area contributed by atoms with Crippen LogP contribution in [-0.4, -0.2) is 42.6 Å². The number of amides is 1. The lowest BCUT2D eigenvalue weighted by Gasteiger charge is -2.20. The molecule has 0 aliphatic heterocycles. The molecule has 0 aliphatic carbocycles. The van der Waals surface area contributed by atoms with Gasteiger partial charge < -0.3 is 19.4 Å². The zero-order chi connectivity index (χ0) is 18.9. The van der Waals surface area contributed by atoms with Crippen molar-refractivity contribution in [3.8, 4) is 0 Å². The fourth-order valence-corrected chi connectivity index (χ4v) is 3.18. The van der Waals surface area contributed by atoms with Crippen LogP contribution in [0.2, 0.25) is 0 Å². The predicted molar refractivity (Wildman–Crippen MR) is 103 cm³/mol. The lowest BCUT2D eigenvalue weighted by molar-refractivity contribution is 0.0927. The van der Waals surface area contributed by atoms with Crippen molar-refractivity contribution in [3.05, 3.63) is 35.4 Å². The Kier molecular flexibility index (Phi) is 7.93. The number of carbonyl (C=O) groups is 1. The fourth-order valence-electron chi connectivity index (χ4n) is 2.42. The second-order valence-electron chi connectivity index (χ2n) is 5.52. The molecule has 2 rings (SSSR count). The molecule has 0 unspecified atom stereocenters. The summed E-state index contributed by atoms with van der Waals surface area (Å²) in [7, 11) is 1.65. The minimum absolute atomic E-state index is 0.203. The Hall–Kier alpha value is -2.06. The molecule has 0 spiro atoms. The number of nitrogens with one attached hydrogen (secondary N) is 1. The SMILES string of the molecule is CCNC(=O)c1ccc(CSc2nc(COC)cc(N(CC)CC)n2)o1. The molecule has 0 aromatic carbocycles. The highest BCUT2D eigenvalue weighted by Crippen LogP contribution is 2.24. The van der Waals surface area contributed by atoms with Crippen LogP contribution in [0.4, 0.5) is 5.82 Å². The van der Waals surface area contributed by atoms with Crippen molar-refractivity contribution in [1.82, 2.24) is 15.3 Å². The number of hydrogen-bond donors (Lipinski definition) is 1. The van der Waals surface area contributed by atoms with Gasteiger partial charge in [-0.1, -0.05) is 11.8 Å². The van der Waals surface area contributed by atoms with E-state index in [4.69, 9.17) is 9.15 Å². The summed E-state index contributed by atoms with van der Waals surface area (Å²) in [6.45, 7) is 8.82. The smallest absolute Gasteiger partial charge is 0.286 e. The molecule has 8 heteroatoms. The molecule has 0 saturated heterocycles. The quantitative estimate of drug-likeness (QED) is 0.502. The van der Waals surface area contributed by atoms with E-state index in [2.05, 4.69) is 34.0 Å². The van der Waals surface area contributed by atoms with Crippen LogP contribution in [-0.2, 0) is 17.1 Å². The van der Waals surface area contributed by atoms with E-state index in [0.717, 1.165) is 24.6 Å². The second kappa shape index (κ2) is 10.2. The van der Waals surface area contributed by atoms with Gasteiger partial charge >= 0.3 is 0 Å². The lowest BCUT2D eigenvalue weighted by Crippen LogP contribution is -2.23. The molecule has 1 N–H and O–H groups in total. The molecular weight excluding hydrogens is 352 g/mol. The number of thioether (sulfide) groups is 1. The lowest BCUT2D eigenvalue weighted by atomic mass is 10.3. The van der Waals surface area contributed by atoms with Crippen LogP contribution < -0.4 is 10.2 Å². The van der Waals surface area contributed by atoms with Gasteiger partial charge in [0, 0.05) is 32.8 Å². The first kappa shape index (κ1) is 20.3. The number of rotatable bonds is 10. The van der Waals surface area contributed by atoms with E-state index in [1.807, 2.05) is 19.1 Å². The summed E-state index contributed by atoms with van der Waals surface area (Å²) >= 11 is 1.47. The Morgan fingerprint density at radius 1 is 1.27 bits per heavy atom. The molecular formula is C18H26N4O3S. The van der Waals surface area contributed by atoms with Crippen LogP contribution >= 0.6 is 11.8 Å². The van der Waals surface area contributed by atoms with Crippen molar-refractivity contribution in [1.29, 1.82) is 0 Å². The van der Waals surface area contributed by atoms with Crippen molar-refractivity contribution in [2.75, 3.05) is 31.6 Å². The first-order valence-electron chi connectivity index (χ1n) is 8.72. The van der Waals surface area contributed by atoms with E-state index in [9.17, 15) is 4.79 Å². The maximum absolute atomic E-state index is 11.8. The maximum atomic E-state index is 11.8. The van der Waals surface area contributed by atoms with Gasteiger partial charge in [-0.05, 0) is 32.9 Å². The summed E-state index contributed by atoms with van der Waals surface area (Å²) in [6.07, 6.45) is 0. The zero-order valence-electron chi connectivity index (χ0n) is 15.7. The summed E-state index contributed by atoms with van der Waals surface area (Å²) < 4.78 is 10.8. The Labute approximate surface area is 158 Å². The van der Waals surface area contributed by atoms with Crippen LogP contribution in [0.15, 0.2) is 27.8 Å². The molecule has 2 aromatic heterocycles. The number of anilines is 1. The van der Waals surface area contributed by atoms with E-state index >= 15 is 0 Å². The van der Waals surface area contributed by atoms with Crippen molar-refractivity contribution >= 4 is 23.5 Å². The van der Waals surface area contributed by atoms with E-state index in [1.165, 1.54) is 11.8 Å². The highest BCUT2D eigenvalue weighted by Gasteiger charge is 2.13. The minimum atomic E-state index is -0.203. The van der Waals surface area contributed by atoms with Gasteiger partial charge in [0.2, 0.25) is 0 Å². The van der Waals surface area contributed by atoms with Crippen molar-refractivity contribution < 1.29 is 13.9 Å². The van der Waals surface area contributed by atoms with Crippen LogP contribution in [0.3, 0.4) is 0 Å². The molecule has 0 saturated carbocycles. The third kappa shape index (κ3) is 5.47. The van der Waals surface area contributed by atoms with Gasteiger partial charge in [0.25, 0.3) is 5.91 Å². The topological polar surface area (TPSA) is 80.5 Å². The van der Waals surface area contributed by atoms with Gasteiger partial charge in [0.05, 0.1) is 18.1 Å².